The molecule has 2 aliphatic rings. The van der Waals surface area contributed by atoms with Gasteiger partial charge in [0.2, 0.25) is 0 Å². The van der Waals surface area contributed by atoms with Crippen molar-refractivity contribution < 1.29 is 0 Å². The number of fused-ring (bicyclic) bond motifs is 4. The Bertz CT molecular complexity index is 1440. The predicted octanol–water partition coefficient (Wildman–Crippen LogP) is 9.27. The summed E-state index contributed by atoms with van der Waals surface area (Å²) in [5, 5.41) is 2.65. The standard InChI is InChI=1S/C34H37N/c1-21(2)14-27-18-26-17-23(25-12-13-34(4,5)20-25)10-11-29(26)33(35-27)32-16-22(3)15-30-28-9-7-6-8-24(28)19-31(30)32/h6-11,15-18,21,25H,12-14,19-20H2,1-5H3. The zero-order chi connectivity index (χ0) is 24.3. The number of pyridine rings is 1. The van der Waals surface area contributed by atoms with E-state index >= 15 is 0 Å². The summed E-state index contributed by atoms with van der Waals surface area (Å²) in [5.74, 6) is 1.26. The lowest BCUT2D eigenvalue weighted by Gasteiger charge is -2.19. The molecule has 35 heavy (non-hydrogen) atoms. The highest BCUT2D eigenvalue weighted by Crippen LogP contribution is 2.47. The van der Waals surface area contributed by atoms with E-state index in [9.17, 15) is 0 Å². The van der Waals surface area contributed by atoms with E-state index in [1.807, 2.05) is 0 Å². The lowest BCUT2D eigenvalue weighted by atomic mass is 9.87. The summed E-state index contributed by atoms with van der Waals surface area (Å²) < 4.78 is 0. The first kappa shape index (κ1) is 22.5. The molecule has 2 aliphatic carbocycles. The van der Waals surface area contributed by atoms with Gasteiger partial charge in [-0.25, -0.2) is 0 Å². The van der Waals surface area contributed by atoms with Crippen LogP contribution in [0.25, 0.3) is 33.2 Å². The topological polar surface area (TPSA) is 12.9 Å². The molecule has 1 saturated carbocycles. The summed E-state index contributed by atoms with van der Waals surface area (Å²) in [6, 6.07) is 23.3. The first-order chi connectivity index (χ1) is 16.8. The molecule has 1 fully saturated rings. The molecule has 0 radical (unpaired) electrons. The Morgan fingerprint density at radius 3 is 2.51 bits per heavy atom. The number of benzene rings is 3. The fourth-order valence-corrected chi connectivity index (χ4v) is 6.62. The fraction of sp³-hybridized carbons (Fsp3) is 0.382. The van der Waals surface area contributed by atoms with E-state index in [1.165, 1.54) is 80.4 Å². The summed E-state index contributed by atoms with van der Waals surface area (Å²) in [6.45, 7) is 11.7. The Hall–Kier alpha value is -2.93. The molecule has 4 aromatic rings. The van der Waals surface area contributed by atoms with Gasteiger partial charge in [-0.05, 0) is 107 Å². The summed E-state index contributed by atoms with van der Waals surface area (Å²) in [5.41, 5.74) is 12.6. The second-order valence-corrected chi connectivity index (χ2v) is 12.3. The summed E-state index contributed by atoms with van der Waals surface area (Å²) in [6.07, 6.45) is 5.93. The predicted molar refractivity (Wildman–Crippen MR) is 149 cm³/mol. The van der Waals surface area contributed by atoms with E-state index in [1.54, 1.807) is 0 Å². The van der Waals surface area contributed by atoms with Gasteiger partial charge in [-0.15, -0.1) is 0 Å². The Kier molecular flexibility index (Phi) is 5.36. The zero-order valence-corrected chi connectivity index (χ0v) is 21.9. The van der Waals surface area contributed by atoms with Crippen LogP contribution >= 0.6 is 0 Å². The minimum atomic E-state index is 0.461. The van der Waals surface area contributed by atoms with Crippen LogP contribution in [0.3, 0.4) is 0 Å². The number of hydrogen-bond donors (Lipinski definition) is 0. The van der Waals surface area contributed by atoms with E-state index in [0.29, 0.717) is 17.3 Å². The van der Waals surface area contributed by atoms with Crippen LogP contribution in [0.15, 0.2) is 60.7 Å². The molecule has 1 aromatic heterocycles. The van der Waals surface area contributed by atoms with Crippen molar-refractivity contribution >= 4 is 10.8 Å². The van der Waals surface area contributed by atoms with Crippen molar-refractivity contribution in [2.45, 2.75) is 72.6 Å². The molecule has 0 aliphatic heterocycles. The van der Waals surface area contributed by atoms with Crippen molar-refractivity contribution in [3.05, 3.63) is 88.6 Å². The second kappa shape index (κ2) is 8.33. The van der Waals surface area contributed by atoms with Gasteiger partial charge in [0.15, 0.2) is 0 Å². The van der Waals surface area contributed by atoms with Gasteiger partial charge < -0.3 is 0 Å². The molecule has 1 heteroatoms. The Morgan fingerprint density at radius 1 is 0.943 bits per heavy atom. The van der Waals surface area contributed by atoms with Gasteiger partial charge in [-0.2, -0.15) is 0 Å². The number of nitrogens with zero attached hydrogens (tertiary/aromatic N) is 1. The van der Waals surface area contributed by atoms with Gasteiger partial charge in [0.1, 0.15) is 0 Å². The molecule has 1 nitrogen and oxygen atoms in total. The average molecular weight is 460 g/mol. The van der Waals surface area contributed by atoms with E-state index in [-0.39, 0.29) is 0 Å². The average Bonchev–Trinajstić information content (AvgIpc) is 3.37. The lowest BCUT2D eigenvalue weighted by Crippen LogP contribution is -2.05. The largest absolute Gasteiger partial charge is 0.252 e. The van der Waals surface area contributed by atoms with Crippen LogP contribution in [0.5, 0.6) is 0 Å². The monoisotopic (exact) mass is 459 g/mol. The third kappa shape index (κ3) is 4.10. The second-order valence-electron chi connectivity index (χ2n) is 12.3. The van der Waals surface area contributed by atoms with Crippen LogP contribution in [-0.4, -0.2) is 4.98 Å². The van der Waals surface area contributed by atoms with Gasteiger partial charge in [0.05, 0.1) is 5.69 Å². The highest BCUT2D eigenvalue weighted by atomic mass is 14.7. The quantitative estimate of drug-likeness (QED) is 0.261. The van der Waals surface area contributed by atoms with Gasteiger partial charge in [-0.1, -0.05) is 76.2 Å². The summed E-state index contributed by atoms with van der Waals surface area (Å²) in [7, 11) is 0. The highest BCUT2D eigenvalue weighted by Gasteiger charge is 2.32. The third-order valence-electron chi connectivity index (χ3n) is 8.29. The van der Waals surface area contributed by atoms with Crippen LogP contribution in [-0.2, 0) is 12.8 Å². The normalized spacial score (nSPS) is 18.3. The van der Waals surface area contributed by atoms with Crippen molar-refractivity contribution in [3.8, 4) is 22.4 Å². The van der Waals surface area contributed by atoms with Crippen molar-refractivity contribution in [1.82, 2.24) is 4.98 Å². The highest BCUT2D eigenvalue weighted by molar-refractivity contribution is 5.98. The fourth-order valence-electron chi connectivity index (χ4n) is 6.62. The van der Waals surface area contributed by atoms with Gasteiger partial charge in [0.25, 0.3) is 0 Å². The molecule has 0 amide bonds. The molecule has 0 saturated heterocycles. The minimum absolute atomic E-state index is 0.461. The van der Waals surface area contributed by atoms with Crippen LogP contribution in [0.1, 0.15) is 80.8 Å². The molecule has 1 heterocycles. The van der Waals surface area contributed by atoms with Gasteiger partial charge in [0, 0.05) is 16.6 Å². The van der Waals surface area contributed by atoms with Crippen molar-refractivity contribution in [1.29, 1.82) is 0 Å². The van der Waals surface area contributed by atoms with Crippen molar-refractivity contribution in [3.63, 3.8) is 0 Å². The lowest BCUT2D eigenvalue weighted by molar-refractivity contribution is 0.376. The number of rotatable bonds is 4. The molecule has 0 bridgehead atoms. The van der Waals surface area contributed by atoms with Gasteiger partial charge in [-0.3, -0.25) is 4.98 Å². The first-order valence-corrected chi connectivity index (χ1v) is 13.4. The molecule has 0 N–H and O–H groups in total. The van der Waals surface area contributed by atoms with Crippen molar-refractivity contribution in [2.24, 2.45) is 11.3 Å². The maximum absolute atomic E-state index is 5.34. The minimum Gasteiger partial charge on any atom is -0.252 e. The van der Waals surface area contributed by atoms with Crippen LogP contribution in [0.4, 0.5) is 0 Å². The Balaban J connectivity index is 1.54. The first-order valence-electron chi connectivity index (χ1n) is 13.4. The van der Waals surface area contributed by atoms with Crippen LogP contribution in [0.2, 0.25) is 0 Å². The van der Waals surface area contributed by atoms with Gasteiger partial charge >= 0.3 is 0 Å². The molecule has 1 atom stereocenters. The molecule has 1 unspecified atom stereocenters. The SMILES string of the molecule is Cc1cc2c(c(-c3nc(CC(C)C)cc4cc(C5CCC(C)(C)C5)ccc34)c1)Cc1ccccc1-2. The zero-order valence-electron chi connectivity index (χ0n) is 21.9. The van der Waals surface area contributed by atoms with Crippen LogP contribution < -0.4 is 0 Å². The van der Waals surface area contributed by atoms with Crippen LogP contribution in [0, 0.1) is 18.3 Å². The number of hydrogen-bond acceptors (Lipinski definition) is 1. The van der Waals surface area contributed by atoms with E-state index in [4.69, 9.17) is 4.98 Å². The molecule has 3 aromatic carbocycles. The van der Waals surface area contributed by atoms with Crippen molar-refractivity contribution in [2.75, 3.05) is 0 Å². The third-order valence-corrected chi connectivity index (χ3v) is 8.29. The van der Waals surface area contributed by atoms with E-state index in [2.05, 4.69) is 95.3 Å². The molecular formula is C34H37N. The smallest absolute Gasteiger partial charge is 0.0786 e. The Labute approximate surface area is 210 Å². The Morgan fingerprint density at radius 2 is 1.74 bits per heavy atom. The molecule has 178 valence electrons. The maximum Gasteiger partial charge on any atom is 0.0786 e. The molecule has 0 spiro atoms. The summed E-state index contributed by atoms with van der Waals surface area (Å²) in [4.78, 5) is 5.34. The number of aryl methyl sites for hydroxylation is 1. The maximum atomic E-state index is 5.34. The molecule has 6 rings (SSSR count). The number of aromatic nitrogens is 1. The summed E-state index contributed by atoms with van der Waals surface area (Å²) >= 11 is 0. The van der Waals surface area contributed by atoms with E-state index in [0.717, 1.165) is 12.8 Å². The molecular weight excluding hydrogens is 422 g/mol. The van der Waals surface area contributed by atoms with E-state index < -0.39 is 0 Å².